The van der Waals surface area contributed by atoms with Crippen LogP contribution in [0.2, 0.25) is 0 Å². The molecule has 0 N–H and O–H groups in total. The number of methoxy groups -OCH3 is 1. The Hall–Kier alpha value is -2.59. The zero-order chi connectivity index (χ0) is 16.5. The van der Waals surface area contributed by atoms with E-state index in [2.05, 4.69) is 0 Å². The van der Waals surface area contributed by atoms with E-state index >= 15 is 0 Å². The molecule has 23 heavy (non-hydrogen) atoms. The molecular formula is C19H20O4. The molecule has 0 aliphatic heterocycles. The van der Waals surface area contributed by atoms with Crippen LogP contribution in [0.5, 0.6) is 11.5 Å². The summed E-state index contributed by atoms with van der Waals surface area (Å²) < 4.78 is 15.6. The van der Waals surface area contributed by atoms with E-state index in [1.54, 1.807) is 18.2 Å². The predicted molar refractivity (Wildman–Crippen MR) is 88.6 cm³/mol. The van der Waals surface area contributed by atoms with Crippen molar-refractivity contribution in [3.8, 4) is 11.5 Å². The molecule has 0 aliphatic carbocycles. The molecule has 0 atom stereocenters. The minimum atomic E-state index is -0.436. The number of benzene rings is 2. The van der Waals surface area contributed by atoms with Crippen molar-refractivity contribution in [2.75, 3.05) is 13.9 Å². The van der Waals surface area contributed by atoms with E-state index in [1.807, 2.05) is 43.3 Å². The summed E-state index contributed by atoms with van der Waals surface area (Å²) >= 11 is 0. The molecule has 4 heteroatoms. The lowest BCUT2D eigenvalue weighted by Crippen LogP contribution is -2.07. The number of allylic oxidation sites excluding steroid dienone is 1. The first kappa shape index (κ1) is 16.8. The van der Waals surface area contributed by atoms with Crippen molar-refractivity contribution >= 4 is 5.97 Å². The Morgan fingerprint density at radius 2 is 1.87 bits per heavy atom. The Balaban J connectivity index is 1.97. The highest BCUT2D eigenvalue weighted by atomic mass is 16.7. The first-order valence-corrected chi connectivity index (χ1v) is 7.33. The van der Waals surface area contributed by atoms with Gasteiger partial charge in [0.15, 0.2) is 18.3 Å². The maximum atomic E-state index is 11.9. The molecule has 0 fully saturated rings. The SMILES string of the molecule is COCOc1ccc(C)cc1OC(=O)C=CCc1ccccc1. The molecule has 0 radical (unpaired) electrons. The van der Waals surface area contributed by atoms with Gasteiger partial charge in [0, 0.05) is 13.2 Å². The molecule has 0 aliphatic rings. The van der Waals surface area contributed by atoms with Crippen molar-refractivity contribution in [1.29, 1.82) is 0 Å². The van der Waals surface area contributed by atoms with Gasteiger partial charge in [-0.05, 0) is 36.6 Å². The van der Waals surface area contributed by atoms with Crippen molar-refractivity contribution < 1.29 is 19.0 Å². The number of carbonyl (C=O) groups excluding carboxylic acids is 1. The molecule has 0 saturated carbocycles. The van der Waals surface area contributed by atoms with Gasteiger partial charge in [0.05, 0.1) is 0 Å². The summed E-state index contributed by atoms with van der Waals surface area (Å²) in [4.78, 5) is 11.9. The van der Waals surface area contributed by atoms with Gasteiger partial charge in [-0.15, -0.1) is 0 Å². The molecule has 0 saturated heterocycles. The minimum absolute atomic E-state index is 0.0947. The number of hydrogen-bond donors (Lipinski definition) is 0. The molecular weight excluding hydrogens is 292 g/mol. The highest BCUT2D eigenvalue weighted by Gasteiger charge is 2.09. The lowest BCUT2D eigenvalue weighted by atomic mass is 10.1. The van der Waals surface area contributed by atoms with Crippen LogP contribution in [0.4, 0.5) is 0 Å². The van der Waals surface area contributed by atoms with Crippen LogP contribution in [0.3, 0.4) is 0 Å². The van der Waals surface area contributed by atoms with Crippen LogP contribution < -0.4 is 9.47 Å². The van der Waals surface area contributed by atoms with Crippen molar-refractivity contribution in [3.63, 3.8) is 0 Å². The number of aryl methyl sites for hydroxylation is 1. The van der Waals surface area contributed by atoms with Gasteiger partial charge in [-0.3, -0.25) is 0 Å². The van der Waals surface area contributed by atoms with Crippen LogP contribution in [-0.4, -0.2) is 19.9 Å². The second-order valence-corrected chi connectivity index (χ2v) is 5.01. The van der Waals surface area contributed by atoms with Crippen LogP contribution in [0.25, 0.3) is 0 Å². The van der Waals surface area contributed by atoms with E-state index in [9.17, 15) is 4.79 Å². The summed E-state index contributed by atoms with van der Waals surface area (Å²) in [7, 11) is 1.53. The normalized spacial score (nSPS) is 10.7. The molecule has 2 aromatic carbocycles. The van der Waals surface area contributed by atoms with Gasteiger partial charge in [0.1, 0.15) is 0 Å². The Kier molecular flexibility index (Phi) is 6.39. The number of rotatable bonds is 7. The second kappa shape index (κ2) is 8.76. The summed E-state index contributed by atoms with van der Waals surface area (Å²) in [5.41, 5.74) is 2.11. The molecule has 4 nitrogen and oxygen atoms in total. The molecule has 0 spiro atoms. The highest BCUT2D eigenvalue weighted by Crippen LogP contribution is 2.28. The van der Waals surface area contributed by atoms with E-state index in [0.717, 1.165) is 11.1 Å². The van der Waals surface area contributed by atoms with E-state index in [4.69, 9.17) is 14.2 Å². The fourth-order valence-corrected chi connectivity index (χ4v) is 1.98. The van der Waals surface area contributed by atoms with Crippen molar-refractivity contribution in [1.82, 2.24) is 0 Å². The third kappa shape index (κ3) is 5.60. The first-order valence-electron chi connectivity index (χ1n) is 7.33. The molecule has 0 amide bonds. The van der Waals surface area contributed by atoms with Gasteiger partial charge < -0.3 is 14.2 Å². The highest BCUT2D eigenvalue weighted by molar-refractivity contribution is 5.84. The van der Waals surface area contributed by atoms with Crippen molar-refractivity contribution in [3.05, 3.63) is 71.8 Å². The Labute approximate surface area is 136 Å². The fraction of sp³-hybridized carbons (Fsp3) is 0.211. The molecule has 0 bridgehead atoms. The van der Waals surface area contributed by atoms with Crippen LogP contribution in [0, 0.1) is 6.92 Å². The molecule has 120 valence electrons. The van der Waals surface area contributed by atoms with Crippen LogP contribution in [-0.2, 0) is 16.0 Å². The molecule has 2 aromatic rings. The van der Waals surface area contributed by atoms with Gasteiger partial charge in [-0.1, -0.05) is 42.5 Å². The van der Waals surface area contributed by atoms with E-state index < -0.39 is 5.97 Å². The second-order valence-electron chi connectivity index (χ2n) is 5.01. The molecule has 0 unspecified atom stereocenters. The fourth-order valence-electron chi connectivity index (χ4n) is 1.98. The standard InChI is InChI=1S/C19H20O4/c1-15-11-12-17(22-14-21-2)18(13-15)23-19(20)10-6-9-16-7-4-3-5-8-16/h3-8,10-13H,9,14H2,1-2H3. The van der Waals surface area contributed by atoms with E-state index in [1.165, 1.54) is 13.2 Å². The number of carbonyl (C=O) groups is 1. The molecule has 0 heterocycles. The lowest BCUT2D eigenvalue weighted by Gasteiger charge is -2.10. The maximum Gasteiger partial charge on any atom is 0.335 e. The average molecular weight is 312 g/mol. The van der Waals surface area contributed by atoms with E-state index in [-0.39, 0.29) is 6.79 Å². The van der Waals surface area contributed by atoms with Crippen LogP contribution in [0.1, 0.15) is 11.1 Å². The number of hydrogen-bond acceptors (Lipinski definition) is 4. The zero-order valence-electron chi connectivity index (χ0n) is 13.3. The molecule has 0 aromatic heterocycles. The number of esters is 1. The Morgan fingerprint density at radius 3 is 2.61 bits per heavy atom. The topological polar surface area (TPSA) is 44.8 Å². The average Bonchev–Trinajstić information content (AvgIpc) is 2.55. The Morgan fingerprint density at radius 1 is 1.09 bits per heavy atom. The predicted octanol–water partition coefficient (Wildman–Crippen LogP) is 3.68. The summed E-state index contributed by atoms with van der Waals surface area (Å²) in [5, 5.41) is 0. The summed E-state index contributed by atoms with van der Waals surface area (Å²) in [6.45, 7) is 2.01. The zero-order valence-corrected chi connectivity index (χ0v) is 13.3. The van der Waals surface area contributed by atoms with E-state index in [0.29, 0.717) is 17.9 Å². The van der Waals surface area contributed by atoms with Gasteiger partial charge >= 0.3 is 5.97 Å². The lowest BCUT2D eigenvalue weighted by molar-refractivity contribution is -0.129. The molecule has 2 rings (SSSR count). The maximum absolute atomic E-state index is 11.9. The summed E-state index contributed by atoms with van der Waals surface area (Å²) in [6, 6.07) is 15.3. The quantitative estimate of drug-likeness (QED) is 0.338. The van der Waals surface area contributed by atoms with Crippen LogP contribution in [0.15, 0.2) is 60.7 Å². The van der Waals surface area contributed by atoms with Crippen molar-refractivity contribution in [2.24, 2.45) is 0 Å². The van der Waals surface area contributed by atoms with Gasteiger partial charge in [0.25, 0.3) is 0 Å². The first-order chi connectivity index (χ1) is 11.2. The van der Waals surface area contributed by atoms with Gasteiger partial charge in [-0.25, -0.2) is 4.79 Å². The Bertz CT molecular complexity index is 662. The third-order valence-electron chi connectivity index (χ3n) is 3.09. The largest absolute Gasteiger partial charge is 0.464 e. The van der Waals surface area contributed by atoms with Crippen molar-refractivity contribution in [2.45, 2.75) is 13.3 Å². The summed E-state index contributed by atoms with van der Waals surface area (Å²) in [5.74, 6) is 0.424. The third-order valence-corrected chi connectivity index (χ3v) is 3.09. The monoisotopic (exact) mass is 312 g/mol. The smallest absolute Gasteiger partial charge is 0.335 e. The number of ether oxygens (including phenoxy) is 3. The minimum Gasteiger partial charge on any atom is -0.464 e. The van der Waals surface area contributed by atoms with Crippen LogP contribution >= 0.6 is 0 Å². The van der Waals surface area contributed by atoms with Gasteiger partial charge in [0.2, 0.25) is 0 Å². The van der Waals surface area contributed by atoms with Gasteiger partial charge in [-0.2, -0.15) is 0 Å². The summed E-state index contributed by atoms with van der Waals surface area (Å²) in [6.07, 6.45) is 3.88.